The zero-order valence-corrected chi connectivity index (χ0v) is 6.97. The van der Waals surface area contributed by atoms with Gasteiger partial charge in [-0.1, -0.05) is 0 Å². The molecule has 0 amide bonds. The fraction of sp³-hybridized carbons (Fsp3) is 0.875. The van der Waals surface area contributed by atoms with E-state index in [1.807, 2.05) is 0 Å². The number of carboxylic acid groups (broad SMARTS) is 1. The summed E-state index contributed by atoms with van der Waals surface area (Å²) in [6.07, 6.45) is 3.64. The minimum atomic E-state index is -0.628. The van der Waals surface area contributed by atoms with Crippen molar-refractivity contribution >= 4 is 5.97 Å². The molecule has 0 aromatic rings. The van der Waals surface area contributed by atoms with Crippen LogP contribution < -0.4 is 10.9 Å². The van der Waals surface area contributed by atoms with E-state index in [2.05, 4.69) is 10.9 Å². The fourth-order valence-electron chi connectivity index (χ4n) is 2.06. The molecule has 3 N–H and O–H groups in total. The van der Waals surface area contributed by atoms with Crippen LogP contribution in [0.15, 0.2) is 0 Å². The number of aliphatic carboxylic acids is 1. The van der Waals surface area contributed by atoms with Crippen LogP contribution in [0.25, 0.3) is 0 Å². The van der Waals surface area contributed by atoms with E-state index >= 15 is 0 Å². The van der Waals surface area contributed by atoms with Gasteiger partial charge in [0, 0.05) is 12.1 Å². The second-order valence-electron chi connectivity index (χ2n) is 3.87. The average molecular weight is 170 g/mol. The van der Waals surface area contributed by atoms with Gasteiger partial charge < -0.3 is 5.11 Å². The van der Waals surface area contributed by atoms with Gasteiger partial charge in [0.25, 0.3) is 0 Å². The van der Waals surface area contributed by atoms with Crippen LogP contribution in [0.4, 0.5) is 0 Å². The Kier molecular flexibility index (Phi) is 1.81. The molecule has 0 bridgehead atoms. The van der Waals surface area contributed by atoms with Crippen LogP contribution in [-0.2, 0) is 4.79 Å². The third kappa shape index (κ3) is 1.21. The lowest BCUT2D eigenvalue weighted by molar-refractivity contribution is -0.143. The van der Waals surface area contributed by atoms with Gasteiger partial charge in [-0.05, 0) is 25.7 Å². The van der Waals surface area contributed by atoms with Crippen LogP contribution in [0.1, 0.15) is 25.7 Å². The van der Waals surface area contributed by atoms with Gasteiger partial charge in [-0.2, -0.15) is 0 Å². The highest BCUT2D eigenvalue weighted by Crippen LogP contribution is 2.33. The Balaban J connectivity index is 1.88. The molecule has 1 spiro atoms. The Labute approximate surface area is 71.3 Å². The van der Waals surface area contributed by atoms with E-state index in [0.717, 1.165) is 32.2 Å². The molecule has 4 heteroatoms. The van der Waals surface area contributed by atoms with Crippen molar-refractivity contribution in [3.63, 3.8) is 0 Å². The van der Waals surface area contributed by atoms with Crippen molar-refractivity contribution in [3.05, 3.63) is 0 Å². The zero-order chi connectivity index (χ0) is 8.60. The fourth-order valence-corrected chi connectivity index (χ4v) is 2.06. The lowest BCUT2D eigenvalue weighted by atomic mass is 9.75. The van der Waals surface area contributed by atoms with Crippen molar-refractivity contribution in [1.29, 1.82) is 0 Å². The molecule has 1 saturated carbocycles. The molecule has 1 aliphatic heterocycles. The van der Waals surface area contributed by atoms with Gasteiger partial charge >= 0.3 is 5.97 Å². The first-order chi connectivity index (χ1) is 5.72. The van der Waals surface area contributed by atoms with Gasteiger partial charge in [-0.3, -0.25) is 15.6 Å². The smallest absolute Gasteiger partial charge is 0.306 e. The Bertz CT molecular complexity index is 191. The highest BCUT2D eigenvalue weighted by atomic mass is 16.4. The molecule has 12 heavy (non-hydrogen) atoms. The Morgan fingerprint density at radius 2 is 2.00 bits per heavy atom. The Hall–Kier alpha value is -0.610. The molecule has 4 nitrogen and oxygen atoms in total. The summed E-state index contributed by atoms with van der Waals surface area (Å²) in [5.74, 6) is -0.727. The van der Waals surface area contributed by atoms with Crippen molar-refractivity contribution in [2.24, 2.45) is 5.92 Å². The summed E-state index contributed by atoms with van der Waals surface area (Å²) in [7, 11) is 0. The van der Waals surface area contributed by atoms with E-state index in [4.69, 9.17) is 5.11 Å². The molecule has 2 fully saturated rings. The molecule has 0 aromatic heterocycles. The van der Waals surface area contributed by atoms with E-state index < -0.39 is 5.97 Å². The van der Waals surface area contributed by atoms with Gasteiger partial charge in [0.2, 0.25) is 0 Å². The van der Waals surface area contributed by atoms with E-state index in [0.29, 0.717) is 0 Å². The molecule has 0 atom stereocenters. The monoisotopic (exact) mass is 170 g/mol. The van der Waals surface area contributed by atoms with E-state index in [1.54, 1.807) is 0 Å². The van der Waals surface area contributed by atoms with Gasteiger partial charge in [0.15, 0.2) is 0 Å². The predicted molar refractivity (Wildman–Crippen MR) is 43.5 cm³/mol. The summed E-state index contributed by atoms with van der Waals surface area (Å²) >= 11 is 0. The number of carbonyl (C=O) groups is 1. The molecule has 68 valence electrons. The number of carboxylic acids is 1. The highest BCUT2D eigenvalue weighted by molar-refractivity contribution is 5.70. The predicted octanol–water partition coefficient (Wildman–Crippen LogP) is 0.108. The SMILES string of the molecule is O=C(O)C1CCC2(CC1)CNN2. The average Bonchev–Trinajstić information content (AvgIpc) is 2.02. The summed E-state index contributed by atoms with van der Waals surface area (Å²) in [6, 6.07) is 0. The molecular formula is C8H14N2O2. The minimum Gasteiger partial charge on any atom is -0.481 e. The Morgan fingerprint density at radius 1 is 1.42 bits per heavy atom. The normalized spacial score (nSPS) is 40.8. The number of nitrogens with one attached hydrogen (secondary N) is 2. The summed E-state index contributed by atoms with van der Waals surface area (Å²) in [6.45, 7) is 0.999. The van der Waals surface area contributed by atoms with Gasteiger partial charge in [0.05, 0.1) is 5.92 Å². The molecule has 2 rings (SSSR count). The van der Waals surface area contributed by atoms with Crippen molar-refractivity contribution in [2.45, 2.75) is 31.2 Å². The summed E-state index contributed by atoms with van der Waals surface area (Å²) < 4.78 is 0. The Morgan fingerprint density at radius 3 is 2.33 bits per heavy atom. The van der Waals surface area contributed by atoms with Crippen LogP contribution in [0.3, 0.4) is 0 Å². The first-order valence-corrected chi connectivity index (χ1v) is 4.45. The van der Waals surface area contributed by atoms with Crippen LogP contribution in [0.5, 0.6) is 0 Å². The van der Waals surface area contributed by atoms with Crippen LogP contribution in [-0.4, -0.2) is 23.2 Å². The van der Waals surface area contributed by atoms with Gasteiger partial charge in [-0.15, -0.1) is 0 Å². The third-order valence-electron chi connectivity index (χ3n) is 3.07. The van der Waals surface area contributed by atoms with Crippen molar-refractivity contribution in [3.8, 4) is 0 Å². The first-order valence-electron chi connectivity index (χ1n) is 4.45. The van der Waals surface area contributed by atoms with Crippen molar-refractivity contribution < 1.29 is 9.90 Å². The quantitative estimate of drug-likeness (QED) is 0.522. The number of hydrogen-bond donors (Lipinski definition) is 3. The van der Waals surface area contributed by atoms with Gasteiger partial charge in [-0.25, -0.2) is 0 Å². The number of hydrogen-bond acceptors (Lipinski definition) is 3. The summed E-state index contributed by atoms with van der Waals surface area (Å²) in [4.78, 5) is 10.6. The maximum atomic E-state index is 10.6. The van der Waals surface area contributed by atoms with Crippen LogP contribution in [0.2, 0.25) is 0 Å². The molecule has 0 radical (unpaired) electrons. The van der Waals surface area contributed by atoms with E-state index in [9.17, 15) is 4.79 Å². The minimum absolute atomic E-state index is 0.0991. The largest absolute Gasteiger partial charge is 0.481 e. The second kappa shape index (κ2) is 2.71. The molecule has 1 aliphatic carbocycles. The van der Waals surface area contributed by atoms with Crippen molar-refractivity contribution in [2.75, 3.05) is 6.54 Å². The second-order valence-corrected chi connectivity index (χ2v) is 3.87. The van der Waals surface area contributed by atoms with Crippen LogP contribution >= 0.6 is 0 Å². The van der Waals surface area contributed by atoms with E-state index in [1.165, 1.54) is 0 Å². The molecule has 2 aliphatic rings. The van der Waals surface area contributed by atoms with Crippen molar-refractivity contribution in [1.82, 2.24) is 10.9 Å². The highest BCUT2D eigenvalue weighted by Gasteiger charge is 2.41. The zero-order valence-electron chi connectivity index (χ0n) is 6.97. The maximum absolute atomic E-state index is 10.6. The lowest BCUT2D eigenvalue weighted by Gasteiger charge is -2.47. The molecule has 0 unspecified atom stereocenters. The maximum Gasteiger partial charge on any atom is 0.306 e. The van der Waals surface area contributed by atoms with Gasteiger partial charge in [0.1, 0.15) is 0 Å². The number of rotatable bonds is 1. The molecule has 0 aromatic carbocycles. The molecule has 1 saturated heterocycles. The standard InChI is InChI=1S/C8H14N2O2/c11-7(12)6-1-3-8(4-2-6)5-9-10-8/h6,9-10H,1-5H2,(H,11,12). The first kappa shape index (κ1) is 8.01. The van der Waals surface area contributed by atoms with E-state index in [-0.39, 0.29) is 11.5 Å². The number of hydrazine groups is 1. The lowest BCUT2D eigenvalue weighted by Crippen LogP contribution is -2.70. The topological polar surface area (TPSA) is 61.4 Å². The summed E-state index contributed by atoms with van der Waals surface area (Å²) in [5, 5.41) is 8.76. The van der Waals surface area contributed by atoms with Crippen LogP contribution in [0, 0.1) is 5.92 Å². The summed E-state index contributed by atoms with van der Waals surface area (Å²) in [5.41, 5.74) is 6.44. The third-order valence-corrected chi connectivity index (χ3v) is 3.07. The molecule has 1 heterocycles. The molecular weight excluding hydrogens is 156 g/mol.